The van der Waals surface area contributed by atoms with Gasteiger partial charge in [-0.05, 0) is 0 Å². The molecule has 4 heteroatoms. The summed E-state index contributed by atoms with van der Waals surface area (Å²) in [6, 6.07) is 0.118. The molecule has 48 valence electrons. The van der Waals surface area contributed by atoms with Crippen molar-refractivity contribution in [2.24, 2.45) is 5.73 Å². The van der Waals surface area contributed by atoms with Crippen LogP contribution in [0.15, 0.2) is 0 Å². The summed E-state index contributed by atoms with van der Waals surface area (Å²) in [5.74, 6) is -0.366. The van der Waals surface area contributed by atoms with Gasteiger partial charge in [0.2, 0.25) is 5.91 Å². The monoisotopic (exact) mass is 137 g/mol. The molecule has 0 unspecified atom stereocenters. The molecule has 0 rings (SSSR count). The maximum Gasteiger partial charge on any atom is 0.219 e. The second-order valence-corrected chi connectivity index (χ2v) is 1.45. The molecule has 0 saturated heterocycles. The van der Waals surface area contributed by atoms with E-state index in [1.54, 1.807) is 0 Å². The first-order chi connectivity index (χ1) is 3.77. The van der Waals surface area contributed by atoms with E-state index in [-0.39, 0.29) is 18.4 Å². The normalized spacial score (nSPS) is 9.12. The molecule has 0 heterocycles. The van der Waals surface area contributed by atoms with Gasteiger partial charge in [0.1, 0.15) is 6.07 Å². The van der Waals surface area contributed by atoms with E-state index in [1.807, 2.05) is 0 Å². The largest absolute Gasteiger partial charge is 0.370 e. The smallest absolute Gasteiger partial charge is 0.219 e. The van der Waals surface area contributed by atoms with Crippen molar-refractivity contribution in [3.8, 4) is 0 Å². The van der Waals surface area contributed by atoms with Crippen molar-refractivity contribution >= 4 is 17.5 Å². The fraction of sp³-hybridized carbons (Fsp3) is 0.750. The summed E-state index contributed by atoms with van der Waals surface area (Å²) in [5, 5.41) is 0. The first kappa shape index (κ1) is 7.72. The fourth-order valence-electron chi connectivity index (χ4n) is 0.227. The SMILES string of the molecule is NC(=O)CCOCCl. The average Bonchev–Trinajstić information content (AvgIpc) is 1.66. The molecule has 0 radical (unpaired) electrons. The van der Waals surface area contributed by atoms with Crippen molar-refractivity contribution in [1.29, 1.82) is 0 Å². The van der Waals surface area contributed by atoms with E-state index in [1.165, 1.54) is 0 Å². The zero-order chi connectivity index (χ0) is 6.41. The van der Waals surface area contributed by atoms with Gasteiger partial charge in [-0.15, -0.1) is 0 Å². The maximum absolute atomic E-state index is 9.97. The summed E-state index contributed by atoms with van der Waals surface area (Å²) in [6.45, 7) is 0.318. The highest BCUT2D eigenvalue weighted by Crippen LogP contribution is 1.82. The van der Waals surface area contributed by atoms with E-state index < -0.39 is 0 Å². The average molecular weight is 138 g/mol. The van der Waals surface area contributed by atoms with Crippen LogP contribution in [0.4, 0.5) is 0 Å². The fourth-order valence-corrected chi connectivity index (χ4v) is 0.336. The summed E-state index contributed by atoms with van der Waals surface area (Å²) in [6.07, 6.45) is 0.243. The van der Waals surface area contributed by atoms with Crippen molar-refractivity contribution in [3.63, 3.8) is 0 Å². The number of halogens is 1. The molecule has 8 heavy (non-hydrogen) atoms. The Bertz CT molecular complexity index is 76.4. The highest BCUT2D eigenvalue weighted by Gasteiger charge is 1.90. The molecule has 0 aliphatic rings. The van der Waals surface area contributed by atoms with E-state index in [0.717, 1.165) is 0 Å². The van der Waals surface area contributed by atoms with Gasteiger partial charge in [-0.1, -0.05) is 11.6 Å². The molecule has 0 bridgehead atoms. The van der Waals surface area contributed by atoms with Crippen molar-refractivity contribution in [2.75, 3.05) is 12.7 Å². The first-order valence-corrected chi connectivity index (χ1v) is 2.73. The molecule has 0 saturated carbocycles. The highest BCUT2D eigenvalue weighted by molar-refractivity contribution is 6.17. The van der Waals surface area contributed by atoms with Crippen LogP contribution in [0.3, 0.4) is 0 Å². The van der Waals surface area contributed by atoms with Crippen LogP contribution in [0, 0.1) is 0 Å². The second-order valence-electron chi connectivity index (χ2n) is 1.23. The molecular formula is C4H8ClNO2. The van der Waals surface area contributed by atoms with Gasteiger partial charge in [-0.3, -0.25) is 4.79 Å². The number of carbonyl (C=O) groups excluding carboxylic acids is 1. The van der Waals surface area contributed by atoms with E-state index in [4.69, 9.17) is 17.3 Å². The number of carbonyl (C=O) groups is 1. The van der Waals surface area contributed by atoms with Gasteiger partial charge in [0.15, 0.2) is 0 Å². The Morgan fingerprint density at radius 1 is 1.75 bits per heavy atom. The third-order valence-electron chi connectivity index (χ3n) is 0.570. The molecule has 0 aromatic heterocycles. The molecule has 0 aromatic carbocycles. The zero-order valence-corrected chi connectivity index (χ0v) is 5.15. The third-order valence-corrected chi connectivity index (χ3v) is 0.724. The molecule has 0 spiro atoms. The molecule has 0 fully saturated rings. The van der Waals surface area contributed by atoms with Gasteiger partial charge in [0.25, 0.3) is 0 Å². The molecule has 3 nitrogen and oxygen atoms in total. The summed E-state index contributed by atoms with van der Waals surface area (Å²) in [4.78, 5) is 9.97. The number of nitrogens with two attached hydrogens (primary N) is 1. The predicted molar refractivity (Wildman–Crippen MR) is 30.5 cm³/mol. The van der Waals surface area contributed by atoms with E-state index in [9.17, 15) is 4.79 Å². The van der Waals surface area contributed by atoms with Crippen LogP contribution in [-0.2, 0) is 9.53 Å². The Morgan fingerprint density at radius 2 is 2.38 bits per heavy atom. The topological polar surface area (TPSA) is 52.3 Å². The van der Waals surface area contributed by atoms with Crippen LogP contribution >= 0.6 is 11.6 Å². The third kappa shape index (κ3) is 5.72. The Morgan fingerprint density at radius 3 is 2.75 bits per heavy atom. The van der Waals surface area contributed by atoms with Crippen LogP contribution in [-0.4, -0.2) is 18.6 Å². The highest BCUT2D eigenvalue weighted by atomic mass is 35.5. The molecular weight excluding hydrogens is 130 g/mol. The minimum Gasteiger partial charge on any atom is -0.370 e. The number of hydrogen-bond donors (Lipinski definition) is 1. The predicted octanol–water partition coefficient (Wildman–Crippen LogP) is 0.0747. The Kier molecular flexibility index (Phi) is 4.70. The van der Waals surface area contributed by atoms with Gasteiger partial charge in [-0.25, -0.2) is 0 Å². The lowest BCUT2D eigenvalue weighted by Gasteiger charge is -1.93. The van der Waals surface area contributed by atoms with Crippen LogP contribution in [0.5, 0.6) is 0 Å². The quantitative estimate of drug-likeness (QED) is 0.441. The van der Waals surface area contributed by atoms with E-state index in [0.29, 0.717) is 6.61 Å². The van der Waals surface area contributed by atoms with Crippen molar-refractivity contribution < 1.29 is 9.53 Å². The van der Waals surface area contributed by atoms with Gasteiger partial charge in [0, 0.05) is 6.42 Å². The molecule has 0 aliphatic carbocycles. The summed E-state index contributed by atoms with van der Waals surface area (Å²) >= 11 is 5.11. The van der Waals surface area contributed by atoms with Crippen molar-refractivity contribution in [2.45, 2.75) is 6.42 Å². The van der Waals surface area contributed by atoms with E-state index >= 15 is 0 Å². The maximum atomic E-state index is 9.97. The van der Waals surface area contributed by atoms with Gasteiger partial charge >= 0.3 is 0 Å². The summed E-state index contributed by atoms with van der Waals surface area (Å²) in [7, 11) is 0. The number of amides is 1. The lowest BCUT2D eigenvalue weighted by Crippen LogP contribution is -2.12. The Balaban J connectivity index is 2.82. The van der Waals surface area contributed by atoms with Crippen LogP contribution < -0.4 is 5.73 Å². The molecule has 1 amide bonds. The Labute approximate surface area is 52.8 Å². The number of ether oxygens (including phenoxy) is 1. The van der Waals surface area contributed by atoms with Crippen LogP contribution in [0.2, 0.25) is 0 Å². The number of alkyl halides is 1. The Hall–Kier alpha value is -0.280. The molecule has 0 atom stereocenters. The summed E-state index contributed by atoms with van der Waals surface area (Å²) < 4.78 is 4.61. The molecule has 0 aromatic rings. The van der Waals surface area contributed by atoms with Gasteiger partial charge in [-0.2, -0.15) is 0 Å². The minimum atomic E-state index is -0.366. The van der Waals surface area contributed by atoms with Crippen LogP contribution in [0.1, 0.15) is 6.42 Å². The number of hydrogen-bond acceptors (Lipinski definition) is 2. The van der Waals surface area contributed by atoms with Gasteiger partial charge in [0.05, 0.1) is 6.61 Å². The van der Waals surface area contributed by atoms with Crippen molar-refractivity contribution in [3.05, 3.63) is 0 Å². The first-order valence-electron chi connectivity index (χ1n) is 2.19. The van der Waals surface area contributed by atoms with Gasteiger partial charge < -0.3 is 10.5 Å². The lowest BCUT2D eigenvalue weighted by molar-refractivity contribution is -0.118. The second kappa shape index (κ2) is 4.87. The minimum absolute atomic E-state index is 0.118. The lowest BCUT2D eigenvalue weighted by atomic mass is 10.4. The molecule has 2 N–H and O–H groups in total. The van der Waals surface area contributed by atoms with Crippen molar-refractivity contribution in [1.82, 2.24) is 0 Å². The zero-order valence-electron chi connectivity index (χ0n) is 4.39. The number of primary amides is 1. The summed E-state index contributed by atoms with van der Waals surface area (Å²) in [5.41, 5.74) is 4.77. The molecule has 0 aliphatic heterocycles. The standard InChI is InChI=1S/C4H8ClNO2/c5-3-8-2-1-4(6)7/h1-3H2,(H2,6,7). The van der Waals surface area contributed by atoms with Crippen LogP contribution in [0.25, 0.3) is 0 Å². The van der Waals surface area contributed by atoms with E-state index in [2.05, 4.69) is 4.74 Å². The number of rotatable bonds is 4.